The van der Waals surface area contributed by atoms with Gasteiger partial charge in [-0.3, -0.25) is 9.59 Å². The summed E-state index contributed by atoms with van der Waals surface area (Å²) in [7, 11) is 0. The molecule has 0 aliphatic heterocycles. The number of rotatable bonds is 4. The molecule has 0 saturated heterocycles. The first kappa shape index (κ1) is 17.2. The van der Waals surface area contributed by atoms with E-state index in [1.54, 1.807) is 24.3 Å². The van der Waals surface area contributed by atoms with Crippen molar-refractivity contribution in [2.75, 3.05) is 5.32 Å². The maximum atomic E-state index is 12.3. The molecule has 1 aromatic carbocycles. The zero-order valence-corrected chi connectivity index (χ0v) is 14.1. The molecule has 1 heterocycles. The van der Waals surface area contributed by atoms with Gasteiger partial charge in [0.15, 0.2) is 0 Å². The highest BCUT2D eigenvalue weighted by atomic mass is 35.5. The molecule has 2 rings (SSSR count). The van der Waals surface area contributed by atoms with Crippen molar-refractivity contribution in [3.63, 3.8) is 0 Å². The van der Waals surface area contributed by atoms with Gasteiger partial charge < -0.3 is 10.6 Å². The van der Waals surface area contributed by atoms with E-state index in [9.17, 15) is 9.59 Å². The number of aromatic nitrogens is 1. The smallest absolute Gasteiger partial charge is 0.274 e. The summed E-state index contributed by atoms with van der Waals surface area (Å²) in [4.78, 5) is 28.3. The molecule has 0 fully saturated rings. The fourth-order valence-electron chi connectivity index (χ4n) is 1.80. The number of pyridine rings is 1. The summed E-state index contributed by atoms with van der Waals surface area (Å²) in [6.07, 6.45) is 0. The average molecular weight is 352 g/mol. The number of nitrogens with one attached hydrogen (secondary N) is 2. The Labute approximate surface area is 144 Å². The molecule has 2 amide bonds. The van der Waals surface area contributed by atoms with Gasteiger partial charge in [-0.1, -0.05) is 29.3 Å². The summed E-state index contributed by atoms with van der Waals surface area (Å²) in [5.74, 6) is -0.816. The lowest BCUT2D eigenvalue weighted by atomic mass is 10.2. The number of carbonyl (C=O) groups is 2. The van der Waals surface area contributed by atoms with E-state index in [4.69, 9.17) is 23.2 Å². The summed E-state index contributed by atoms with van der Waals surface area (Å²) in [6.45, 7) is 3.69. The van der Waals surface area contributed by atoms with Crippen LogP contribution in [0.5, 0.6) is 0 Å². The molecule has 0 aliphatic rings. The van der Waals surface area contributed by atoms with E-state index in [2.05, 4.69) is 15.6 Å². The van der Waals surface area contributed by atoms with Gasteiger partial charge in [0.05, 0.1) is 10.7 Å². The van der Waals surface area contributed by atoms with Crippen LogP contribution in [-0.2, 0) is 0 Å². The molecule has 5 nitrogen and oxygen atoms in total. The monoisotopic (exact) mass is 351 g/mol. The number of halogens is 2. The Morgan fingerprint density at radius 2 is 1.70 bits per heavy atom. The number of hydrogen-bond donors (Lipinski definition) is 2. The van der Waals surface area contributed by atoms with Crippen LogP contribution >= 0.6 is 23.2 Å². The minimum absolute atomic E-state index is 0.0213. The van der Waals surface area contributed by atoms with Crippen LogP contribution in [0, 0.1) is 0 Å². The van der Waals surface area contributed by atoms with E-state index >= 15 is 0 Å². The molecule has 23 heavy (non-hydrogen) atoms. The Bertz CT molecular complexity index is 748. The van der Waals surface area contributed by atoms with Crippen molar-refractivity contribution in [2.45, 2.75) is 19.9 Å². The largest absolute Gasteiger partial charge is 0.349 e. The molecule has 2 N–H and O–H groups in total. The van der Waals surface area contributed by atoms with Crippen LogP contribution in [0.1, 0.15) is 34.8 Å². The van der Waals surface area contributed by atoms with Gasteiger partial charge in [0.25, 0.3) is 11.8 Å². The zero-order chi connectivity index (χ0) is 17.0. The van der Waals surface area contributed by atoms with Crippen molar-refractivity contribution in [2.24, 2.45) is 0 Å². The lowest BCUT2D eigenvalue weighted by Crippen LogP contribution is -2.31. The van der Waals surface area contributed by atoms with Crippen LogP contribution in [0.15, 0.2) is 36.4 Å². The van der Waals surface area contributed by atoms with Gasteiger partial charge in [-0.25, -0.2) is 4.98 Å². The number of amides is 2. The van der Waals surface area contributed by atoms with E-state index in [0.717, 1.165) is 0 Å². The predicted octanol–water partition coefficient (Wildman–Crippen LogP) is 3.78. The van der Waals surface area contributed by atoms with Gasteiger partial charge in [0, 0.05) is 11.1 Å². The molecule has 0 aliphatic carbocycles. The molecule has 0 saturated carbocycles. The highest BCUT2D eigenvalue weighted by Gasteiger charge is 2.14. The van der Waals surface area contributed by atoms with Gasteiger partial charge in [-0.15, -0.1) is 0 Å². The summed E-state index contributed by atoms with van der Waals surface area (Å²) in [5.41, 5.74) is 0.656. The van der Waals surface area contributed by atoms with Crippen LogP contribution in [0.2, 0.25) is 10.0 Å². The van der Waals surface area contributed by atoms with Crippen molar-refractivity contribution in [3.8, 4) is 0 Å². The van der Waals surface area contributed by atoms with Crippen LogP contribution < -0.4 is 10.6 Å². The second-order valence-corrected chi connectivity index (χ2v) is 5.96. The molecule has 120 valence electrons. The number of benzene rings is 1. The van der Waals surface area contributed by atoms with Crippen LogP contribution in [0.3, 0.4) is 0 Å². The molecular weight excluding hydrogens is 337 g/mol. The topological polar surface area (TPSA) is 71.1 Å². The molecule has 0 unspecified atom stereocenters. The third-order valence-corrected chi connectivity index (χ3v) is 3.38. The molecule has 0 bridgehead atoms. The SMILES string of the molecule is CC(C)NC(=O)c1cccc(C(=O)Nc2cc(Cl)ccc2Cl)n1. The van der Waals surface area contributed by atoms with Crippen LogP contribution in [-0.4, -0.2) is 22.8 Å². The van der Waals surface area contributed by atoms with Gasteiger partial charge in [0.1, 0.15) is 11.4 Å². The minimum atomic E-state index is -0.478. The molecule has 0 atom stereocenters. The summed E-state index contributed by atoms with van der Waals surface area (Å²) in [5, 5.41) is 6.15. The third kappa shape index (κ3) is 4.68. The second kappa shape index (κ2) is 7.44. The summed E-state index contributed by atoms with van der Waals surface area (Å²) in [6, 6.07) is 9.37. The minimum Gasteiger partial charge on any atom is -0.349 e. The van der Waals surface area contributed by atoms with Gasteiger partial charge in [-0.2, -0.15) is 0 Å². The molecular formula is C16H15Cl2N3O2. The maximum Gasteiger partial charge on any atom is 0.274 e. The Morgan fingerprint density at radius 1 is 1.04 bits per heavy atom. The molecule has 7 heteroatoms. The van der Waals surface area contributed by atoms with E-state index < -0.39 is 5.91 Å². The lowest BCUT2D eigenvalue weighted by molar-refractivity contribution is 0.0938. The zero-order valence-electron chi connectivity index (χ0n) is 12.6. The lowest BCUT2D eigenvalue weighted by Gasteiger charge is -2.10. The first-order valence-corrected chi connectivity index (χ1v) is 7.66. The van der Waals surface area contributed by atoms with Crippen molar-refractivity contribution in [1.29, 1.82) is 0 Å². The van der Waals surface area contributed by atoms with Gasteiger partial charge in [0.2, 0.25) is 0 Å². The third-order valence-electron chi connectivity index (χ3n) is 2.81. The molecule has 0 radical (unpaired) electrons. The molecule has 1 aromatic heterocycles. The van der Waals surface area contributed by atoms with Crippen LogP contribution in [0.25, 0.3) is 0 Å². The normalized spacial score (nSPS) is 10.5. The fourth-order valence-corrected chi connectivity index (χ4v) is 2.14. The predicted molar refractivity (Wildman–Crippen MR) is 91.3 cm³/mol. The second-order valence-electron chi connectivity index (χ2n) is 5.11. The Hall–Kier alpha value is -2.11. The van der Waals surface area contributed by atoms with Crippen molar-refractivity contribution < 1.29 is 9.59 Å². The number of anilines is 1. The summed E-state index contributed by atoms with van der Waals surface area (Å²) >= 11 is 11.9. The van der Waals surface area contributed by atoms with E-state index in [0.29, 0.717) is 15.7 Å². The first-order valence-electron chi connectivity index (χ1n) is 6.91. The van der Waals surface area contributed by atoms with Crippen molar-refractivity contribution in [3.05, 3.63) is 57.8 Å². The van der Waals surface area contributed by atoms with Crippen LogP contribution in [0.4, 0.5) is 5.69 Å². The Kier molecular flexibility index (Phi) is 5.58. The highest BCUT2D eigenvalue weighted by molar-refractivity contribution is 6.35. The number of carbonyl (C=O) groups excluding carboxylic acids is 2. The van der Waals surface area contributed by atoms with E-state index in [1.165, 1.54) is 12.1 Å². The standard InChI is InChI=1S/C16H15Cl2N3O2/c1-9(2)19-15(22)12-4-3-5-13(20-12)16(23)21-14-8-10(17)6-7-11(14)18/h3-9H,1-2H3,(H,19,22)(H,21,23). The quantitative estimate of drug-likeness (QED) is 0.880. The van der Waals surface area contributed by atoms with E-state index in [1.807, 2.05) is 13.8 Å². The van der Waals surface area contributed by atoms with Crippen molar-refractivity contribution in [1.82, 2.24) is 10.3 Å². The maximum absolute atomic E-state index is 12.3. The number of nitrogens with zero attached hydrogens (tertiary/aromatic N) is 1. The van der Waals surface area contributed by atoms with E-state index in [-0.39, 0.29) is 23.3 Å². The average Bonchev–Trinajstić information content (AvgIpc) is 2.50. The van der Waals surface area contributed by atoms with Gasteiger partial charge >= 0.3 is 0 Å². The first-order chi connectivity index (χ1) is 10.9. The Balaban J connectivity index is 2.20. The fraction of sp³-hybridized carbons (Fsp3) is 0.188. The van der Waals surface area contributed by atoms with Crippen molar-refractivity contribution >= 4 is 40.7 Å². The Morgan fingerprint density at radius 3 is 2.35 bits per heavy atom. The molecule has 0 spiro atoms. The highest BCUT2D eigenvalue weighted by Crippen LogP contribution is 2.25. The summed E-state index contributed by atoms with van der Waals surface area (Å²) < 4.78 is 0. The molecule has 2 aromatic rings. The van der Waals surface area contributed by atoms with Gasteiger partial charge in [-0.05, 0) is 44.2 Å². The number of hydrogen-bond acceptors (Lipinski definition) is 3.